The lowest BCUT2D eigenvalue weighted by Crippen LogP contribution is -2.20. The average Bonchev–Trinajstić information content (AvgIpc) is 1.58. The zero-order valence-corrected chi connectivity index (χ0v) is 82.7. The molecule has 0 N–H and O–H groups in total. The number of thiazole rings is 2. The highest BCUT2D eigenvalue weighted by atomic mass is 32.1. The molecule has 718 valence electrons. The predicted molar refractivity (Wildman–Crippen MR) is 533 cm³/mol. The number of pyridine rings is 10. The zero-order chi connectivity index (χ0) is 96.4. The Kier molecular flexibility index (Phi) is 38.9. The predicted octanol–water partition coefficient (Wildman–Crippen LogP) is 23.7. The van der Waals surface area contributed by atoms with Crippen molar-refractivity contribution >= 4 is 57.4 Å². The van der Waals surface area contributed by atoms with Gasteiger partial charge in [-0.3, -0.25) is 48.7 Å². The van der Waals surface area contributed by atoms with Gasteiger partial charge < -0.3 is 28.4 Å². The minimum absolute atomic E-state index is 0.00320. The number of carbonyl (C=O) groups is 6. The molecule has 24 nitrogen and oxygen atoms in total. The van der Waals surface area contributed by atoms with Crippen molar-refractivity contribution in [3.63, 3.8) is 0 Å². The summed E-state index contributed by atoms with van der Waals surface area (Å²) < 4.78 is 36.2. The number of aryl methyl sites for hydroxylation is 10. The van der Waals surface area contributed by atoms with E-state index >= 15 is 0 Å². The fourth-order valence-electron chi connectivity index (χ4n) is 17.5. The van der Waals surface area contributed by atoms with Crippen molar-refractivity contribution in [2.45, 2.75) is 318 Å². The molecule has 0 radical (unpaired) electrons. The van der Waals surface area contributed by atoms with E-state index in [1.165, 1.54) is 119 Å². The van der Waals surface area contributed by atoms with Gasteiger partial charge in [-0.15, -0.1) is 22.7 Å². The minimum atomic E-state index is -0.0290. The number of ketones is 6. The highest BCUT2D eigenvalue weighted by Gasteiger charge is 2.27. The van der Waals surface area contributed by atoms with Crippen LogP contribution in [0, 0.1) is 69.2 Å². The van der Waals surface area contributed by atoms with Crippen LogP contribution in [0.2, 0.25) is 0 Å². The van der Waals surface area contributed by atoms with Crippen LogP contribution < -0.4 is 28.4 Å². The quantitative estimate of drug-likeness (QED) is 0.0378. The Labute approximate surface area is 814 Å². The van der Waals surface area contributed by atoms with Gasteiger partial charge in [-0.1, -0.05) is 43.5 Å². The molecule has 0 aromatic carbocycles. The van der Waals surface area contributed by atoms with Crippen molar-refractivity contribution < 1.29 is 57.2 Å². The maximum atomic E-state index is 12.5. The van der Waals surface area contributed by atoms with Crippen molar-refractivity contribution in [1.82, 2.24) is 59.8 Å². The number of hydrogen-bond donors (Lipinski definition) is 0. The molecule has 12 heterocycles. The number of nitrogens with zero attached hydrogens (tertiary/aromatic N) is 12. The van der Waals surface area contributed by atoms with Crippen molar-refractivity contribution in [3.05, 3.63) is 293 Å². The van der Waals surface area contributed by atoms with Gasteiger partial charge in [0.1, 0.15) is 78.7 Å². The summed E-state index contributed by atoms with van der Waals surface area (Å²) >= 11 is 3.03. The average molecular weight is 1890 g/mol. The van der Waals surface area contributed by atoms with Gasteiger partial charge in [0.25, 0.3) is 0 Å². The van der Waals surface area contributed by atoms with Crippen LogP contribution in [0.1, 0.15) is 326 Å². The van der Waals surface area contributed by atoms with Crippen LogP contribution in [-0.2, 0) is 38.5 Å². The largest absolute Gasteiger partial charge is 0.490 e. The summed E-state index contributed by atoms with van der Waals surface area (Å²) in [6, 6.07) is 40.9. The van der Waals surface area contributed by atoms with Gasteiger partial charge in [0.2, 0.25) is 0 Å². The first-order chi connectivity index (χ1) is 66.3. The molecule has 137 heavy (non-hydrogen) atoms. The number of rotatable bonds is 30. The summed E-state index contributed by atoms with van der Waals surface area (Å²) in [6.07, 6.45) is 42.0. The first-order valence-electron chi connectivity index (χ1n) is 48.9. The van der Waals surface area contributed by atoms with Gasteiger partial charge in [0.05, 0.1) is 75.1 Å². The summed E-state index contributed by atoms with van der Waals surface area (Å²) in [5.41, 5.74) is 14.8. The second kappa shape index (κ2) is 52.2. The van der Waals surface area contributed by atoms with Gasteiger partial charge in [0.15, 0.2) is 34.7 Å². The molecule has 6 aliphatic carbocycles. The number of Topliss-reactive ketones (excluding diaryl/α,β-unsaturated/α-hetero) is 6. The summed E-state index contributed by atoms with van der Waals surface area (Å²) in [5, 5.41) is 5.60. The summed E-state index contributed by atoms with van der Waals surface area (Å²) in [6.45, 7) is 19.2. The van der Waals surface area contributed by atoms with Gasteiger partial charge >= 0.3 is 0 Å². The lowest BCUT2D eigenvalue weighted by atomic mass is 9.98. The molecule has 0 aliphatic heterocycles. The van der Waals surface area contributed by atoms with E-state index in [0.29, 0.717) is 47.0 Å². The molecule has 12 aromatic rings. The van der Waals surface area contributed by atoms with Gasteiger partial charge in [0, 0.05) is 177 Å². The fourth-order valence-corrected chi connectivity index (χ4v) is 19.0. The van der Waals surface area contributed by atoms with E-state index in [2.05, 4.69) is 59.8 Å². The molecule has 26 heteroatoms. The number of hydrogen-bond acceptors (Lipinski definition) is 26. The van der Waals surface area contributed by atoms with E-state index < -0.39 is 0 Å². The number of ether oxygens (including phenoxy) is 6. The minimum Gasteiger partial charge on any atom is -0.490 e. The summed E-state index contributed by atoms with van der Waals surface area (Å²) in [4.78, 5) is 127. The zero-order valence-electron chi connectivity index (χ0n) is 81.0. The lowest BCUT2D eigenvalue weighted by molar-refractivity contribution is 0.0977. The van der Waals surface area contributed by atoms with Gasteiger partial charge in [-0.05, 0) is 271 Å². The topological polar surface area (TPSA) is 312 Å². The first-order valence-corrected chi connectivity index (χ1v) is 50.6. The highest BCUT2D eigenvalue weighted by molar-refractivity contribution is 7.10. The molecule has 0 amide bonds. The van der Waals surface area contributed by atoms with Crippen molar-refractivity contribution in [1.29, 1.82) is 0 Å². The Morgan fingerprint density at radius 3 is 0.664 bits per heavy atom. The maximum absolute atomic E-state index is 12.5. The molecular formula is C111H130N12O12S2. The van der Waals surface area contributed by atoms with Crippen molar-refractivity contribution in [3.8, 4) is 34.5 Å². The van der Waals surface area contributed by atoms with Gasteiger partial charge in [-0.2, -0.15) is 0 Å². The molecule has 0 saturated heterocycles. The molecule has 6 saturated carbocycles. The monoisotopic (exact) mass is 1890 g/mol. The van der Waals surface area contributed by atoms with Crippen LogP contribution in [0.3, 0.4) is 0 Å². The molecule has 6 aliphatic rings. The molecule has 18 rings (SSSR count). The normalized spacial score (nSPS) is 15.2. The molecule has 0 unspecified atom stereocenters. The smallest absolute Gasteiger partial charge is 0.188 e. The van der Waals surface area contributed by atoms with E-state index in [0.717, 1.165) is 201 Å². The third kappa shape index (κ3) is 34.4. The lowest BCUT2D eigenvalue weighted by Gasteiger charge is -2.23. The van der Waals surface area contributed by atoms with E-state index in [1.807, 2.05) is 177 Å². The Balaban J connectivity index is 0.000000139. The SMILES string of the molecule is Cc1cc(OC2CCCC2)cc(C(=O)Cc2ccccn2)n1.Cc1cc(OC2CCCC2)cc(C(=O)Cc2nc(C)cs2)n1.Cc1cc(OC2CCCCC2)cc(C(=O)Cc2ccccn2)n1.Cc1cc(OC2CCCCC2)cc(C(=O)Cc2nc(C)cs2)n1.Cc1ccc(CC(=O)c2cc(OC3CCCC3)cc(C)n2)nc1.Cc1ccc(CC(=O)c2cc(OC3CCCCC3)cc(C)n2)nc1. The van der Waals surface area contributed by atoms with E-state index in [-0.39, 0.29) is 97.0 Å². The van der Waals surface area contributed by atoms with Crippen LogP contribution in [0.5, 0.6) is 34.5 Å². The third-order valence-electron chi connectivity index (χ3n) is 24.4. The Hall–Kier alpha value is -12.4. The second-order valence-corrected chi connectivity index (χ2v) is 38.7. The van der Waals surface area contributed by atoms with E-state index in [4.69, 9.17) is 28.4 Å². The van der Waals surface area contributed by atoms with Crippen molar-refractivity contribution in [2.75, 3.05) is 0 Å². The summed E-state index contributed by atoms with van der Waals surface area (Å²) in [7, 11) is 0. The molecule has 0 atom stereocenters. The van der Waals surface area contributed by atoms with E-state index in [9.17, 15) is 28.8 Å². The van der Waals surface area contributed by atoms with E-state index in [1.54, 1.807) is 61.2 Å². The molecular weight excluding hydrogens is 1760 g/mol. The highest BCUT2D eigenvalue weighted by Crippen LogP contribution is 2.33. The molecule has 0 bridgehead atoms. The third-order valence-corrected chi connectivity index (χ3v) is 26.3. The molecule has 0 spiro atoms. The Morgan fingerprint density at radius 1 is 0.248 bits per heavy atom. The first kappa shape index (κ1) is 102. The Bertz CT molecular complexity index is 5940. The maximum Gasteiger partial charge on any atom is 0.188 e. The van der Waals surface area contributed by atoms with Crippen LogP contribution in [-0.4, -0.2) is 131 Å². The molecule has 12 aromatic heterocycles. The van der Waals surface area contributed by atoms with Crippen LogP contribution >= 0.6 is 22.7 Å². The van der Waals surface area contributed by atoms with Crippen LogP contribution in [0.25, 0.3) is 0 Å². The molecule has 6 fully saturated rings. The van der Waals surface area contributed by atoms with Crippen LogP contribution in [0.15, 0.2) is 169 Å². The fraction of sp³-hybridized carbons (Fsp3) is 0.441. The number of aromatic nitrogens is 12. The van der Waals surface area contributed by atoms with Gasteiger partial charge in [-0.25, -0.2) is 39.9 Å². The van der Waals surface area contributed by atoms with Crippen LogP contribution in [0.4, 0.5) is 0 Å². The Morgan fingerprint density at radius 2 is 0.467 bits per heavy atom. The summed E-state index contributed by atoms with van der Waals surface area (Å²) in [5.74, 6) is 4.44. The standard InChI is InChI=1S/C20H24N2O2.2C19H22N2O2.C18H22N2O2S.C18H20N2O2.C17H20N2O2S/c1-14-8-9-16(21-13-14)11-20(23)19-12-18(10-15(2)22-19)24-17-6-4-3-5-7-17;1-13-7-8-15(20-12-13)10-19(22)18-11-17(9-14(2)21-18)23-16-5-3-4-6-16;1-14-11-17(23-16-8-3-2-4-9-16)13-18(21-14)19(22)12-15-7-5-6-10-20-15;1-12-8-15(22-14-6-4-3-5-7-14)9-16(19-12)17(21)10-18-20-13(2)11-23-18;1-13-10-16(22-15-7-2-3-8-15)12-17(20-13)18(21)11-14-6-4-5-9-19-14;1-11-7-14(21-13-5-3-4-6-13)8-15(18-11)16(20)9-17-19-12(2)10-22-17/h8-10,12-13,17H,3-7,11H2,1-2H3;7-9,11-12,16H,3-6,10H2,1-2H3;5-7,10-11,13,16H,2-4,8-9,12H2,1H3;8-9,11,14H,3-7,10H2,1-2H3;4-6,9-10,12,15H,2-3,7-8,11H2,1H3;7-8,10,13H,3-6,9H2,1-2H3. The number of carbonyl (C=O) groups excluding carboxylic acids is 6. The second-order valence-electron chi connectivity index (χ2n) is 36.8. The van der Waals surface area contributed by atoms with Crippen molar-refractivity contribution in [2.24, 2.45) is 0 Å².